The number of rotatable bonds is 7. The van der Waals surface area contributed by atoms with Gasteiger partial charge in [-0.15, -0.1) is 0 Å². The lowest BCUT2D eigenvalue weighted by Crippen LogP contribution is -2.21. The highest BCUT2D eigenvalue weighted by Gasteiger charge is 2.24. The van der Waals surface area contributed by atoms with Gasteiger partial charge in [0.05, 0.1) is 11.4 Å². The summed E-state index contributed by atoms with van der Waals surface area (Å²) in [7, 11) is 2.19. The topological polar surface area (TPSA) is 20.5 Å². The molecule has 0 N–H and O–H groups in total. The fraction of sp³-hybridized carbons (Fsp3) is 0.229. The molecule has 3 heteroatoms. The van der Waals surface area contributed by atoms with Crippen LogP contribution in [-0.4, -0.2) is 29.9 Å². The molecular formula is C35H37N3. The summed E-state index contributed by atoms with van der Waals surface area (Å²) in [4.78, 5) is 7.06. The van der Waals surface area contributed by atoms with E-state index in [2.05, 4.69) is 146 Å². The van der Waals surface area contributed by atoms with Gasteiger partial charge >= 0.3 is 0 Å². The van der Waals surface area contributed by atoms with E-state index in [-0.39, 0.29) is 0 Å². The summed E-state index contributed by atoms with van der Waals surface area (Å²) in [5.41, 5.74) is 12.2. The first-order chi connectivity index (χ1) is 18.6. The molecule has 0 fully saturated rings. The van der Waals surface area contributed by atoms with Gasteiger partial charge < -0.3 is 9.47 Å². The number of hydrogen-bond donors (Lipinski definition) is 0. The van der Waals surface area contributed by atoms with Gasteiger partial charge in [-0.2, -0.15) is 0 Å². The first-order valence-electron chi connectivity index (χ1n) is 13.7. The predicted octanol–water partition coefficient (Wildman–Crippen LogP) is 8.47. The van der Waals surface area contributed by atoms with Crippen molar-refractivity contribution in [1.82, 2.24) is 4.57 Å². The van der Waals surface area contributed by atoms with Crippen LogP contribution in [-0.2, 0) is 7.05 Å². The van der Waals surface area contributed by atoms with Gasteiger partial charge in [0.15, 0.2) is 0 Å². The van der Waals surface area contributed by atoms with E-state index in [1.807, 2.05) is 0 Å². The van der Waals surface area contributed by atoms with Gasteiger partial charge in [0, 0.05) is 48.8 Å². The van der Waals surface area contributed by atoms with E-state index in [4.69, 9.17) is 0 Å². The molecule has 0 saturated carbocycles. The number of benzene rings is 3. The molecule has 38 heavy (non-hydrogen) atoms. The summed E-state index contributed by atoms with van der Waals surface area (Å²) in [5, 5.41) is 1.26. The third kappa shape index (κ3) is 4.65. The average molecular weight is 500 g/mol. The minimum Gasteiger partial charge on any atom is -0.372 e. The molecule has 1 aliphatic rings. The van der Waals surface area contributed by atoms with Crippen molar-refractivity contribution in [3.8, 4) is 11.3 Å². The standard InChI is InChI=1S/C35H37N3/c1-6-36-28-20-23-30(25(4)24-28)33(26-18-21-29(22-19-26)38(7-2)8-3)34-31-16-12-13-17-32(31)37(5)35(34)27-14-10-9-11-15-27/h9-24H,6-8H2,1-5H3/b33-30-,36-28?. The molecule has 0 atom stereocenters. The summed E-state index contributed by atoms with van der Waals surface area (Å²) in [6.07, 6.45) is 6.63. The summed E-state index contributed by atoms with van der Waals surface area (Å²) in [6, 6.07) is 28.7. The number of aromatic nitrogens is 1. The molecule has 4 aromatic rings. The highest BCUT2D eigenvalue weighted by Crippen LogP contribution is 2.43. The molecule has 192 valence electrons. The zero-order valence-electron chi connectivity index (χ0n) is 23.2. The molecule has 0 saturated heterocycles. The highest BCUT2D eigenvalue weighted by atomic mass is 15.1. The average Bonchev–Trinajstić information content (AvgIpc) is 3.24. The minimum absolute atomic E-state index is 0.781. The van der Waals surface area contributed by atoms with Crippen molar-refractivity contribution in [1.29, 1.82) is 0 Å². The van der Waals surface area contributed by atoms with Crippen LogP contribution in [0.25, 0.3) is 27.7 Å². The van der Waals surface area contributed by atoms with Crippen LogP contribution < -0.4 is 4.90 Å². The quantitative estimate of drug-likeness (QED) is 0.250. The van der Waals surface area contributed by atoms with Gasteiger partial charge in [-0.05, 0) is 85.9 Å². The van der Waals surface area contributed by atoms with Gasteiger partial charge in [-0.25, -0.2) is 0 Å². The molecule has 0 spiro atoms. The number of fused-ring (bicyclic) bond motifs is 1. The molecule has 1 heterocycles. The summed E-state index contributed by atoms with van der Waals surface area (Å²) >= 11 is 0. The Morgan fingerprint density at radius 2 is 1.50 bits per heavy atom. The monoisotopic (exact) mass is 499 g/mol. The molecule has 0 unspecified atom stereocenters. The third-order valence-electron chi connectivity index (χ3n) is 7.51. The van der Waals surface area contributed by atoms with E-state index < -0.39 is 0 Å². The van der Waals surface area contributed by atoms with Crippen molar-refractivity contribution >= 4 is 27.9 Å². The minimum atomic E-state index is 0.781. The lowest BCUT2D eigenvalue weighted by atomic mass is 9.85. The van der Waals surface area contributed by atoms with Crippen molar-refractivity contribution in [2.24, 2.45) is 12.0 Å². The number of allylic oxidation sites excluding steroid dienone is 5. The van der Waals surface area contributed by atoms with E-state index in [0.717, 1.165) is 25.3 Å². The van der Waals surface area contributed by atoms with Crippen LogP contribution in [0, 0.1) is 0 Å². The SMILES string of the molecule is CCN=C1C=C/C(=C(\c2ccc(N(CC)CC)cc2)c2c(-c3ccccc3)n(C)c3ccccc23)C(C)=C1. The van der Waals surface area contributed by atoms with Crippen LogP contribution >= 0.6 is 0 Å². The Labute approximate surface area is 227 Å². The van der Waals surface area contributed by atoms with Gasteiger partial charge in [-0.3, -0.25) is 4.99 Å². The van der Waals surface area contributed by atoms with Crippen molar-refractivity contribution < 1.29 is 0 Å². The van der Waals surface area contributed by atoms with Crippen LogP contribution in [0.3, 0.4) is 0 Å². The number of aliphatic imine (C=N–C) groups is 1. The Hall–Kier alpha value is -4.11. The Morgan fingerprint density at radius 1 is 0.816 bits per heavy atom. The van der Waals surface area contributed by atoms with Gasteiger partial charge in [0.2, 0.25) is 0 Å². The Kier molecular flexibility index (Phi) is 7.46. The van der Waals surface area contributed by atoms with Crippen LogP contribution in [0.1, 0.15) is 38.8 Å². The largest absolute Gasteiger partial charge is 0.372 e. The van der Waals surface area contributed by atoms with Crippen LogP contribution in [0.5, 0.6) is 0 Å². The molecule has 0 amide bonds. The maximum absolute atomic E-state index is 4.66. The smallest absolute Gasteiger partial charge is 0.0577 e. The summed E-state index contributed by atoms with van der Waals surface area (Å²) in [5.74, 6) is 0. The second-order valence-electron chi connectivity index (χ2n) is 9.73. The van der Waals surface area contributed by atoms with Crippen molar-refractivity contribution in [3.05, 3.63) is 119 Å². The zero-order chi connectivity index (χ0) is 26.6. The fourth-order valence-electron chi connectivity index (χ4n) is 5.65. The molecule has 0 radical (unpaired) electrons. The molecular weight excluding hydrogens is 462 g/mol. The lowest BCUT2D eigenvalue weighted by Gasteiger charge is -2.23. The van der Waals surface area contributed by atoms with Gasteiger partial charge in [-0.1, -0.05) is 66.7 Å². The number of hydrogen-bond acceptors (Lipinski definition) is 2. The first-order valence-corrected chi connectivity index (χ1v) is 13.7. The number of nitrogens with zero attached hydrogens (tertiary/aromatic N) is 3. The maximum atomic E-state index is 4.66. The van der Waals surface area contributed by atoms with E-state index in [1.54, 1.807) is 0 Å². The van der Waals surface area contributed by atoms with E-state index in [9.17, 15) is 0 Å². The molecule has 0 aliphatic heterocycles. The van der Waals surface area contributed by atoms with E-state index in [0.29, 0.717) is 0 Å². The third-order valence-corrected chi connectivity index (χ3v) is 7.51. The van der Waals surface area contributed by atoms with E-state index in [1.165, 1.54) is 55.7 Å². The Morgan fingerprint density at radius 3 is 2.16 bits per heavy atom. The van der Waals surface area contributed by atoms with Crippen LogP contribution in [0.4, 0.5) is 5.69 Å². The highest BCUT2D eigenvalue weighted by molar-refractivity contribution is 6.10. The van der Waals surface area contributed by atoms with Crippen LogP contribution in [0.2, 0.25) is 0 Å². The van der Waals surface area contributed by atoms with Crippen molar-refractivity contribution in [2.75, 3.05) is 24.5 Å². The molecule has 1 aliphatic carbocycles. The number of anilines is 1. The molecule has 3 nitrogen and oxygen atoms in total. The number of para-hydroxylation sites is 1. The summed E-state index contributed by atoms with van der Waals surface area (Å²) < 4.78 is 2.35. The molecule has 0 bridgehead atoms. The second-order valence-corrected chi connectivity index (χ2v) is 9.73. The van der Waals surface area contributed by atoms with Crippen molar-refractivity contribution in [3.63, 3.8) is 0 Å². The molecule has 1 aromatic heterocycles. The first kappa shape index (κ1) is 25.5. The number of aryl methyl sites for hydroxylation is 1. The normalized spacial score (nSPS) is 15.7. The van der Waals surface area contributed by atoms with Gasteiger partial charge in [0.1, 0.15) is 0 Å². The maximum Gasteiger partial charge on any atom is 0.0577 e. The fourth-order valence-corrected chi connectivity index (χ4v) is 5.65. The second kappa shape index (κ2) is 11.1. The zero-order valence-corrected chi connectivity index (χ0v) is 23.2. The van der Waals surface area contributed by atoms with Crippen LogP contribution in [0.15, 0.2) is 113 Å². The van der Waals surface area contributed by atoms with E-state index >= 15 is 0 Å². The van der Waals surface area contributed by atoms with Gasteiger partial charge in [0.25, 0.3) is 0 Å². The Balaban J connectivity index is 1.84. The molecule has 3 aromatic carbocycles. The van der Waals surface area contributed by atoms with Crippen molar-refractivity contribution in [2.45, 2.75) is 27.7 Å². The summed E-state index contributed by atoms with van der Waals surface area (Å²) in [6.45, 7) is 11.5. The lowest BCUT2D eigenvalue weighted by molar-refractivity contribution is 0.866. The Bertz CT molecular complexity index is 1560. The predicted molar refractivity (Wildman–Crippen MR) is 165 cm³/mol. The molecule has 5 rings (SSSR count).